The molecule has 4 rings (SSSR count). The van der Waals surface area contributed by atoms with E-state index in [-0.39, 0.29) is 23.7 Å². The molecule has 1 aromatic heterocycles. The maximum absolute atomic E-state index is 13.7. The number of carbonyl (C=O) groups excluding carboxylic acids is 1. The molecule has 0 bridgehead atoms. The van der Waals surface area contributed by atoms with Crippen molar-refractivity contribution >= 4 is 11.7 Å². The molecule has 23 heavy (non-hydrogen) atoms. The van der Waals surface area contributed by atoms with Crippen LogP contribution >= 0.6 is 0 Å². The Bertz CT molecular complexity index is 726. The minimum Gasteiger partial charge on any atom is -0.377 e. The fraction of sp³-hybridized carbons (Fsp3) is 0.412. The van der Waals surface area contributed by atoms with E-state index in [0.717, 1.165) is 19.3 Å². The largest absolute Gasteiger partial charge is 0.377 e. The molecular weight excluding hydrogens is 299 g/mol. The number of ether oxygens (including phenoxy) is 1. The Morgan fingerprint density at radius 3 is 2.87 bits per heavy atom. The third-order valence-corrected chi connectivity index (χ3v) is 4.46. The van der Waals surface area contributed by atoms with Gasteiger partial charge in [-0.3, -0.25) is 4.79 Å². The first-order valence-electron chi connectivity index (χ1n) is 7.86. The maximum Gasteiger partial charge on any atom is 0.231 e. The van der Waals surface area contributed by atoms with Crippen molar-refractivity contribution < 1.29 is 18.4 Å². The number of nitrogens with one attached hydrogen (secondary N) is 1. The van der Waals surface area contributed by atoms with Gasteiger partial charge in [0.05, 0.1) is 17.6 Å². The summed E-state index contributed by atoms with van der Waals surface area (Å²) in [5.41, 5.74) is 0.320. The smallest absolute Gasteiger partial charge is 0.231 e. The van der Waals surface area contributed by atoms with Crippen LogP contribution < -0.4 is 5.32 Å². The van der Waals surface area contributed by atoms with E-state index < -0.39 is 0 Å². The highest BCUT2D eigenvalue weighted by Gasteiger charge is 2.43. The molecule has 1 N–H and O–H groups in total. The van der Waals surface area contributed by atoms with Gasteiger partial charge in [0.15, 0.2) is 11.6 Å². The molecule has 1 amide bonds. The Morgan fingerprint density at radius 1 is 1.26 bits per heavy atom. The number of rotatable bonds is 4. The van der Waals surface area contributed by atoms with Crippen LogP contribution in [0.3, 0.4) is 0 Å². The Labute approximate surface area is 132 Å². The lowest BCUT2D eigenvalue weighted by molar-refractivity contribution is -0.121. The highest BCUT2D eigenvalue weighted by atomic mass is 19.1. The first kappa shape index (κ1) is 14.4. The van der Waals surface area contributed by atoms with Crippen LogP contribution in [0.1, 0.15) is 19.3 Å². The average molecular weight is 316 g/mol. The van der Waals surface area contributed by atoms with E-state index in [1.807, 2.05) is 0 Å². The SMILES string of the molecule is O=C(Nc1cc(-c2ccccc2F)on1)[C@@H]1CCO[C@H]1C1CC1. The quantitative estimate of drug-likeness (QED) is 0.940. The lowest BCUT2D eigenvalue weighted by Crippen LogP contribution is -2.31. The molecule has 0 unspecified atom stereocenters. The van der Waals surface area contributed by atoms with Gasteiger partial charge in [-0.05, 0) is 37.3 Å². The third-order valence-electron chi connectivity index (χ3n) is 4.46. The monoisotopic (exact) mass is 316 g/mol. The highest BCUT2D eigenvalue weighted by molar-refractivity contribution is 5.92. The van der Waals surface area contributed by atoms with Crippen LogP contribution in [0, 0.1) is 17.7 Å². The Kier molecular flexibility index (Phi) is 3.61. The lowest BCUT2D eigenvalue weighted by Gasteiger charge is -2.16. The van der Waals surface area contributed by atoms with Crippen LogP contribution in [-0.4, -0.2) is 23.8 Å². The zero-order valence-corrected chi connectivity index (χ0v) is 12.5. The van der Waals surface area contributed by atoms with Gasteiger partial charge >= 0.3 is 0 Å². The second-order valence-corrected chi connectivity index (χ2v) is 6.11. The van der Waals surface area contributed by atoms with Crippen molar-refractivity contribution in [1.82, 2.24) is 5.16 Å². The first-order valence-corrected chi connectivity index (χ1v) is 7.86. The van der Waals surface area contributed by atoms with Crippen LogP contribution in [0.4, 0.5) is 10.2 Å². The number of anilines is 1. The van der Waals surface area contributed by atoms with Crippen LogP contribution in [0.2, 0.25) is 0 Å². The van der Waals surface area contributed by atoms with Crippen molar-refractivity contribution in [2.75, 3.05) is 11.9 Å². The molecule has 1 aromatic carbocycles. The van der Waals surface area contributed by atoms with Crippen molar-refractivity contribution in [1.29, 1.82) is 0 Å². The number of amides is 1. The van der Waals surface area contributed by atoms with Crippen LogP contribution in [0.25, 0.3) is 11.3 Å². The molecule has 2 heterocycles. The summed E-state index contributed by atoms with van der Waals surface area (Å²) in [7, 11) is 0. The van der Waals surface area contributed by atoms with Crippen LogP contribution in [-0.2, 0) is 9.53 Å². The van der Waals surface area contributed by atoms with Gasteiger partial charge in [0.25, 0.3) is 0 Å². The Balaban J connectivity index is 1.47. The lowest BCUT2D eigenvalue weighted by atomic mass is 9.97. The molecule has 1 aliphatic heterocycles. The van der Waals surface area contributed by atoms with Crippen molar-refractivity contribution in [3.8, 4) is 11.3 Å². The van der Waals surface area contributed by atoms with Gasteiger partial charge in [0.1, 0.15) is 5.82 Å². The standard InChI is InChI=1S/C17H17FN2O3/c18-13-4-2-1-3-11(13)14-9-15(20-23-14)19-17(21)12-7-8-22-16(12)10-5-6-10/h1-4,9-10,12,16H,5-8H2,(H,19,20,21)/t12-,16+/m1/s1. The van der Waals surface area contributed by atoms with Gasteiger partial charge < -0.3 is 14.6 Å². The summed E-state index contributed by atoms with van der Waals surface area (Å²) in [6.45, 7) is 0.624. The highest BCUT2D eigenvalue weighted by Crippen LogP contribution is 2.41. The fourth-order valence-corrected chi connectivity index (χ4v) is 3.12. The Hall–Kier alpha value is -2.21. The summed E-state index contributed by atoms with van der Waals surface area (Å²) < 4.78 is 24.6. The molecule has 1 aliphatic carbocycles. The molecule has 1 saturated carbocycles. The molecule has 0 spiro atoms. The first-order chi connectivity index (χ1) is 11.2. The third kappa shape index (κ3) is 2.86. The molecule has 2 aromatic rings. The van der Waals surface area contributed by atoms with Crippen molar-refractivity contribution in [3.05, 3.63) is 36.1 Å². The molecule has 2 aliphatic rings. The van der Waals surface area contributed by atoms with E-state index in [1.165, 1.54) is 12.1 Å². The van der Waals surface area contributed by atoms with Crippen molar-refractivity contribution in [2.45, 2.75) is 25.4 Å². The van der Waals surface area contributed by atoms with E-state index in [9.17, 15) is 9.18 Å². The average Bonchev–Trinajstić information content (AvgIpc) is 3.09. The fourth-order valence-electron chi connectivity index (χ4n) is 3.12. The van der Waals surface area contributed by atoms with Gasteiger partial charge in [-0.1, -0.05) is 17.3 Å². The van der Waals surface area contributed by atoms with E-state index in [1.54, 1.807) is 18.2 Å². The number of hydrogen-bond acceptors (Lipinski definition) is 4. The predicted octanol–water partition coefficient (Wildman–Crippen LogP) is 3.23. The topological polar surface area (TPSA) is 64.4 Å². The van der Waals surface area contributed by atoms with Crippen LogP contribution in [0.15, 0.2) is 34.9 Å². The molecular formula is C17H17FN2O3. The van der Waals surface area contributed by atoms with Gasteiger partial charge in [-0.25, -0.2) is 4.39 Å². The predicted molar refractivity (Wildman–Crippen MR) is 81.1 cm³/mol. The van der Waals surface area contributed by atoms with Crippen LogP contribution in [0.5, 0.6) is 0 Å². The number of aromatic nitrogens is 1. The van der Waals surface area contributed by atoms with E-state index >= 15 is 0 Å². The molecule has 6 heteroatoms. The molecule has 1 saturated heterocycles. The number of nitrogens with zero attached hydrogens (tertiary/aromatic N) is 1. The summed E-state index contributed by atoms with van der Waals surface area (Å²) in [5.74, 6) is 0.470. The van der Waals surface area contributed by atoms with Gasteiger partial charge in [-0.15, -0.1) is 0 Å². The van der Waals surface area contributed by atoms with E-state index in [2.05, 4.69) is 10.5 Å². The van der Waals surface area contributed by atoms with Gasteiger partial charge in [0.2, 0.25) is 5.91 Å². The molecule has 0 radical (unpaired) electrons. The Morgan fingerprint density at radius 2 is 2.09 bits per heavy atom. The summed E-state index contributed by atoms with van der Waals surface area (Å²) >= 11 is 0. The minimum absolute atomic E-state index is 0.0212. The zero-order chi connectivity index (χ0) is 15.8. The van der Waals surface area contributed by atoms with Crippen molar-refractivity contribution in [2.24, 2.45) is 11.8 Å². The summed E-state index contributed by atoms with van der Waals surface area (Å²) in [6.07, 6.45) is 3.02. The molecule has 2 atom stereocenters. The number of hydrogen-bond donors (Lipinski definition) is 1. The second-order valence-electron chi connectivity index (χ2n) is 6.11. The summed E-state index contributed by atoms with van der Waals surface area (Å²) in [4.78, 5) is 12.4. The molecule has 120 valence electrons. The van der Waals surface area contributed by atoms with Crippen molar-refractivity contribution in [3.63, 3.8) is 0 Å². The zero-order valence-electron chi connectivity index (χ0n) is 12.5. The number of benzene rings is 1. The van der Waals surface area contributed by atoms with Gasteiger partial charge in [0, 0.05) is 12.7 Å². The summed E-state index contributed by atoms with van der Waals surface area (Å²) in [6, 6.07) is 7.82. The minimum atomic E-state index is -0.389. The number of carbonyl (C=O) groups is 1. The van der Waals surface area contributed by atoms with E-state index in [4.69, 9.17) is 9.26 Å². The normalized spacial score (nSPS) is 23.9. The second kappa shape index (κ2) is 5.77. The number of halogens is 1. The molecule has 2 fully saturated rings. The molecule has 5 nitrogen and oxygen atoms in total. The van der Waals surface area contributed by atoms with E-state index in [0.29, 0.717) is 29.7 Å². The van der Waals surface area contributed by atoms with Gasteiger partial charge in [-0.2, -0.15) is 0 Å². The summed E-state index contributed by atoms with van der Waals surface area (Å²) in [5, 5.41) is 6.58. The maximum atomic E-state index is 13.7.